The monoisotopic (exact) mass is 239 g/mol. The van der Waals surface area contributed by atoms with Crippen LogP contribution in [0.1, 0.15) is 39.0 Å². The van der Waals surface area contributed by atoms with E-state index in [1.807, 2.05) is 6.92 Å². The molecule has 0 saturated carbocycles. The Balaban J connectivity index is 2.36. The predicted molar refractivity (Wildman–Crippen MR) is 56.3 cm³/mol. The largest absolute Gasteiger partial charge is 0.389 e. The van der Waals surface area contributed by atoms with Crippen molar-refractivity contribution in [3.8, 4) is 0 Å². The van der Waals surface area contributed by atoms with Crippen LogP contribution in [0.15, 0.2) is 0 Å². The van der Waals surface area contributed by atoms with Crippen molar-refractivity contribution in [2.24, 2.45) is 0 Å². The summed E-state index contributed by atoms with van der Waals surface area (Å²) in [5, 5.41) is 3.16. The van der Waals surface area contributed by atoms with Crippen LogP contribution in [0.5, 0.6) is 0 Å². The Hall–Kier alpha value is -0.290. The summed E-state index contributed by atoms with van der Waals surface area (Å²) in [6, 6.07) is -0.149. The number of hydrogen-bond acceptors (Lipinski definition) is 2. The second-order valence-electron chi connectivity index (χ2n) is 4.27. The Kier molecular flexibility index (Phi) is 5.55. The van der Waals surface area contributed by atoms with Gasteiger partial charge in [-0.3, -0.25) is 0 Å². The lowest BCUT2D eigenvalue weighted by Crippen LogP contribution is -2.40. The summed E-state index contributed by atoms with van der Waals surface area (Å²) in [6.07, 6.45) is -1.95. The van der Waals surface area contributed by atoms with E-state index in [0.29, 0.717) is 6.61 Å². The van der Waals surface area contributed by atoms with Crippen molar-refractivity contribution >= 4 is 0 Å². The smallest absolute Gasteiger partial charge is 0.377 e. The molecule has 0 amide bonds. The average Bonchev–Trinajstić information content (AvgIpc) is 2.69. The van der Waals surface area contributed by atoms with Crippen molar-refractivity contribution in [2.45, 2.75) is 57.3 Å². The van der Waals surface area contributed by atoms with Crippen LogP contribution in [-0.4, -0.2) is 31.5 Å². The van der Waals surface area contributed by atoms with E-state index in [-0.39, 0.29) is 18.6 Å². The van der Waals surface area contributed by atoms with Crippen LogP contribution in [0.25, 0.3) is 0 Å². The maximum absolute atomic E-state index is 12.2. The Morgan fingerprint density at radius 3 is 2.69 bits per heavy atom. The van der Waals surface area contributed by atoms with E-state index in [1.54, 1.807) is 0 Å². The molecule has 0 radical (unpaired) electrons. The van der Waals surface area contributed by atoms with Crippen molar-refractivity contribution in [1.29, 1.82) is 0 Å². The lowest BCUT2D eigenvalue weighted by molar-refractivity contribution is -0.138. The van der Waals surface area contributed by atoms with Gasteiger partial charge in [-0.15, -0.1) is 0 Å². The summed E-state index contributed by atoms with van der Waals surface area (Å²) >= 11 is 0. The summed E-state index contributed by atoms with van der Waals surface area (Å²) < 4.78 is 41.9. The third kappa shape index (κ3) is 5.16. The van der Waals surface area contributed by atoms with E-state index in [1.165, 1.54) is 0 Å². The first-order chi connectivity index (χ1) is 7.53. The number of hydrogen-bond donors (Lipinski definition) is 1. The molecular formula is C11H20F3NO. The normalized spacial score (nSPS) is 23.6. The number of nitrogens with one attached hydrogen (secondary N) is 1. The maximum Gasteiger partial charge on any atom is 0.389 e. The van der Waals surface area contributed by atoms with Crippen LogP contribution >= 0.6 is 0 Å². The average molecular weight is 239 g/mol. The third-order valence-corrected chi connectivity index (χ3v) is 2.81. The van der Waals surface area contributed by atoms with Gasteiger partial charge in [0.15, 0.2) is 0 Å². The Bertz CT molecular complexity index is 190. The van der Waals surface area contributed by atoms with E-state index in [0.717, 1.165) is 25.8 Å². The molecule has 16 heavy (non-hydrogen) atoms. The lowest BCUT2D eigenvalue weighted by atomic mass is 10.0. The van der Waals surface area contributed by atoms with Crippen molar-refractivity contribution in [2.75, 3.05) is 13.2 Å². The molecule has 2 unspecified atom stereocenters. The third-order valence-electron chi connectivity index (χ3n) is 2.81. The zero-order chi connectivity index (χ0) is 12.0. The van der Waals surface area contributed by atoms with Gasteiger partial charge in [-0.05, 0) is 32.2 Å². The quantitative estimate of drug-likeness (QED) is 0.769. The van der Waals surface area contributed by atoms with E-state index < -0.39 is 12.6 Å². The maximum atomic E-state index is 12.2. The van der Waals surface area contributed by atoms with Crippen molar-refractivity contribution < 1.29 is 17.9 Å². The molecule has 1 aliphatic rings. The molecule has 0 aromatic carbocycles. The molecule has 2 atom stereocenters. The van der Waals surface area contributed by atoms with E-state index >= 15 is 0 Å². The van der Waals surface area contributed by atoms with Gasteiger partial charge < -0.3 is 10.1 Å². The fraction of sp³-hybridized carbons (Fsp3) is 1.00. The van der Waals surface area contributed by atoms with Crippen LogP contribution in [0, 0.1) is 0 Å². The first kappa shape index (κ1) is 13.8. The van der Waals surface area contributed by atoms with Gasteiger partial charge in [-0.25, -0.2) is 0 Å². The predicted octanol–water partition coefficient (Wildman–Crippen LogP) is 2.88. The van der Waals surface area contributed by atoms with Crippen LogP contribution in [0.2, 0.25) is 0 Å². The molecule has 0 bridgehead atoms. The lowest BCUT2D eigenvalue weighted by Gasteiger charge is -2.24. The van der Waals surface area contributed by atoms with Crippen LogP contribution < -0.4 is 5.32 Å². The highest BCUT2D eigenvalue weighted by molar-refractivity contribution is 4.81. The van der Waals surface area contributed by atoms with Gasteiger partial charge in [0.1, 0.15) is 0 Å². The van der Waals surface area contributed by atoms with Crippen molar-refractivity contribution in [3.05, 3.63) is 0 Å². The first-order valence-electron chi connectivity index (χ1n) is 5.94. The van der Waals surface area contributed by atoms with Crippen molar-refractivity contribution in [3.63, 3.8) is 0 Å². The van der Waals surface area contributed by atoms with Gasteiger partial charge in [-0.1, -0.05) is 6.92 Å². The molecule has 5 heteroatoms. The summed E-state index contributed by atoms with van der Waals surface area (Å²) in [5.74, 6) is 0. The fourth-order valence-corrected chi connectivity index (χ4v) is 1.99. The molecule has 1 rings (SSSR count). The minimum Gasteiger partial charge on any atom is -0.377 e. The fourth-order valence-electron chi connectivity index (χ4n) is 1.99. The summed E-state index contributed by atoms with van der Waals surface area (Å²) in [4.78, 5) is 0. The second-order valence-corrected chi connectivity index (χ2v) is 4.27. The number of alkyl halides is 3. The van der Waals surface area contributed by atoms with Crippen LogP contribution in [-0.2, 0) is 4.74 Å². The number of halogens is 3. The molecule has 0 aromatic heterocycles. The van der Waals surface area contributed by atoms with Gasteiger partial charge in [0.25, 0.3) is 0 Å². The SMILES string of the molecule is CCCNC(CCC(F)(F)F)C1CCCO1. The zero-order valence-corrected chi connectivity index (χ0v) is 9.65. The molecule has 0 aromatic rings. The molecule has 96 valence electrons. The highest BCUT2D eigenvalue weighted by atomic mass is 19.4. The molecule has 2 nitrogen and oxygen atoms in total. The minimum absolute atomic E-state index is 0.0334. The Morgan fingerprint density at radius 1 is 1.44 bits per heavy atom. The molecule has 1 saturated heterocycles. The standard InChI is InChI=1S/C11H20F3NO/c1-2-7-15-9(5-6-11(12,13)14)10-4-3-8-16-10/h9-10,15H,2-8H2,1H3. The topological polar surface area (TPSA) is 21.3 Å². The summed E-state index contributed by atoms with van der Waals surface area (Å²) in [5.41, 5.74) is 0. The minimum atomic E-state index is -4.06. The Labute approximate surface area is 94.5 Å². The molecule has 1 N–H and O–H groups in total. The molecule has 1 fully saturated rings. The van der Waals surface area contributed by atoms with Gasteiger partial charge in [0, 0.05) is 19.1 Å². The summed E-state index contributed by atoms with van der Waals surface area (Å²) in [7, 11) is 0. The second kappa shape index (κ2) is 6.45. The van der Waals surface area contributed by atoms with Gasteiger partial charge in [-0.2, -0.15) is 13.2 Å². The molecule has 1 heterocycles. The van der Waals surface area contributed by atoms with Gasteiger partial charge in [0.2, 0.25) is 0 Å². The van der Waals surface area contributed by atoms with Crippen LogP contribution in [0.4, 0.5) is 13.2 Å². The Morgan fingerprint density at radius 2 is 2.19 bits per heavy atom. The summed E-state index contributed by atoms with van der Waals surface area (Å²) in [6.45, 7) is 3.44. The molecule has 1 aliphatic heterocycles. The number of ether oxygens (including phenoxy) is 1. The van der Waals surface area contributed by atoms with E-state index in [4.69, 9.17) is 4.74 Å². The highest BCUT2D eigenvalue weighted by Gasteiger charge is 2.32. The molecular weight excluding hydrogens is 219 g/mol. The molecule has 0 aliphatic carbocycles. The van der Waals surface area contributed by atoms with Crippen LogP contribution in [0.3, 0.4) is 0 Å². The molecule has 0 spiro atoms. The first-order valence-corrected chi connectivity index (χ1v) is 5.94. The highest BCUT2D eigenvalue weighted by Crippen LogP contribution is 2.25. The van der Waals surface area contributed by atoms with E-state index in [9.17, 15) is 13.2 Å². The van der Waals surface area contributed by atoms with E-state index in [2.05, 4.69) is 5.32 Å². The van der Waals surface area contributed by atoms with Gasteiger partial charge in [0.05, 0.1) is 6.10 Å². The van der Waals surface area contributed by atoms with Crippen molar-refractivity contribution in [1.82, 2.24) is 5.32 Å². The zero-order valence-electron chi connectivity index (χ0n) is 9.65. The number of rotatable bonds is 6. The van der Waals surface area contributed by atoms with Gasteiger partial charge >= 0.3 is 6.18 Å².